The summed E-state index contributed by atoms with van der Waals surface area (Å²) in [6.45, 7) is 4.20. The Hall–Kier alpha value is -3.45. The van der Waals surface area contributed by atoms with Crippen LogP contribution in [0.4, 0.5) is 0 Å². The standard InChI is InChI=1S/C26H27N3O3S/c1-18(2)24(28-25-21-15-9-10-16-23(21)33(31,32)29-25)26(30)27-17-22(19-11-5-3-6-12-19)20-13-7-4-8-14-20/h3-16,18,22,24H,17H2,1-2H3,(H,27,30)(H,28,29)/t24-/m0/s1. The van der Waals surface area contributed by atoms with Gasteiger partial charge in [-0.15, -0.1) is 0 Å². The molecule has 0 saturated carbocycles. The maximum atomic E-state index is 13.2. The van der Waals surface area contributed by atoms with Gasteiger partial charge in [0, 0.05) is 18.0 Å². The molecular formula is C26H27N3O3S. The van der Waals surface area contributed by atoms with Gasteiger partial charge in [-0.2, -0.15) is 0 Å². The smallest absolute Gasteiger partial charge is 0.263 e. The first-order valence-corrected chi connectivity index (χ1v) is 12.4. The fourth-order valence-corrected chi connectivity index (χ4v) is 5.22. The molecule has 0 saturated heterocycles. The summed E-state index contributed by atoms with van der Waals surface area (Å²) >= 11 is 0. The molecule has 6 nitrogen and oxygen atoms in total. The summed E-state index contributed by atoms with van der Waals surface area (Å²) in [6.07, 6.45) is 0. The lowest BCUT2D eigenvalue weighted by molar-refractivity contribution is -0.123. The number of benzene rings is 3. The second-order valence-corrected chi connectivity index (χ2v) is 10.0. The SMILES string of the molecule is CC(C)[C@H](N=C1NS(=O)(=O)c2ccccc21)C(=O)NCC(c1ccccc1)c1ccccc1. The molecule has 0 unspecified atom stereocenters. The fraction of sp³-hybridized carbons (Fsp3) is 0.231. The van der Waals surface area contributed by atoms with Crippen LogP contribution in [-0.2, 0) is 14.8 Å². The first-order valence-electron chi connectivity index (χ1n) is 10.9. The van der Waals surface area contributed by atoms with E-state index in [1.54, 1.807) is 18.2 Å². The number of aliphatic imine (C=N–C) groups is 1. The van der Waals surface area contributed by atoms with E-state index in [4.69, 9.17) is 0 Å². The van der Waals surface area contributed by atoms with Gasteiger partial charge in [0.2, 0.25) is 5.91 Å². The Morgan fingerprint density at radius 2 is 1.42 bits per heavy atom. The maximum Gasteiger partial charge on any atom is 0.263 e. The molecule has 1 aliphatic heterocycles. The van der Waals surface area contributed by atoms with Crippen molar-refractivity contribution in [1.29, 1.82) is 0 Å². The zero-order valence-electron chi connectivity index (χ0n) is 18.6. The highest BCUT2D eigenvalue weighted by atomic mass is 32.2. The minimum atomic E-state index is -3.66. The van der Waals surface area contributed by atoms with Crippen LogP contribution in [0.2, 0.25) is 0 Å². The van der Waals surface area contributed by atoms with Gasteiger partial charge >= 0.3 is 0 Å². The number of nitrogens with zero attached hydrogens (tertiary/aromatic N) is 1. The molecule has 3 aromatic rings. The van der Waals surface area contributed by atoms with Crippen LogP contribution >= 0.6 is 0 Å². The van der Waals surface area contributed by atoms with Crippen molar-refractivity contribution in [3.05, 3.63) is 102 Å². The summed E-state index contributed by atoms with van der Waals surface area (Å²) < 4.78 is 27.3. The normalized spacial score (nSPS) is 16.4. The van der Waals surface area contributed by atoms with E-state index < -0.39 is 16.1 Å². The van der Waals surface area contributed by atoms with Gasteiger partial charge in [-0.25, -0.2) is 8.42 Å². The highest BCUT2D eigenvalue weighted by Crippen LogP contribution is 2.25. The van der Waals surface area contributed by atoms with Gasteiger partial charge in [0.15, 0.2) is 0 Å². The maximum absolute atomic E-state index is 13.2. The third kappa shape index (κ3) is 4.98. The number of sulfonamides is 1. The van der Waals surface area contributed by atoms with E-state index in [9.17, 15) is 13.2 Å². The molecule has 3 aromatic carbocycles. The van der Waals surface area contributed by atoms with Crippen LogP contribution in [0.15, 0.2) is 94.8 Å². The number of hydrogen-bond acceptors (Lipinski definition) is 4. The Bertz CT molecular complexity index is 1220. The molecule has 33 heavy (non-hydrogen) atoms. The predicted octanol–water partition coefficient (Wildman–Crippen LogP) is 3.70. The van der Waals surface area contributed by atoms with Crippen LogP contribution in [0.1, 0.15) is 36.5 Å². The summed E-state index contributed by atoms with van der Waals surface area (Å²) in [5, 5.41) is 3.06. The molecule has 0 spiro atoms. The molecule has 1 amide bonds. The van der Waals surface area contributed by atoms with Crippen molar-refractivity contribution in [3.8, 4) is 0 Å². The van der Waals surface area contributed by atoms with Crippen LogP contribution in [0, 0.1) is 5.92 Å². The molecule has 170 valence electrons. The molecule has 2 N–H and O–H groups in total. The molecule has 4 rings (SSSR count). The Morgan fingerprint density at radius 3 is 2.00 bits per heavy atom. The molecule has 1 atom stereocenters. The zero-order chi connectivity index (χ0) is 23.4. The van der Waals surface area contributed by atoms with Crippen molar-refractivity contribution in [3.63, 3.8) is 0 Å². The van der Waals surface area contributed by atoms with Gasteiger partial charge in [-0.1, -0.05) is 86.6 Å². The number of rotatable bonds is 7. The second kappa shape index (κ2) is 9.58. The Labute approximate surface area is 194 Å². The van der Waals surface area contributed by atoms with Crippen molar-refractivity contribution in [1.82, 2.24) is 10.0 Å². The van der Waals surface area contributed by atoms with Crippen molar-refractivity contribution in [2.75, 3.05) is 6.54 Å². The number of hydrogen-bond donors (Lipinski definition) is 2. The molecule has 7 heteroatoms. The summed E-state index contributed by atoms with van der Waals surface area (Å²) in [5.41, 5.74) is 2.70. The van der Waals surface area contributed by atoms with E-state index in [2.05, 4.69) is 15.0 Å². The summed E-state index contributed by atoms with van der Waals surface area (Å²) in [5.74, 6) is -0.163. The number of amides is 1. The third-order valence-electron chi connectivity index (χ3n) is 5.72. The minimum absolute atomic E-state index is 0.0116. The monoisotopic (exact) mass is 461 g/mol. The van der Waals surface area contributed by atoms with Gasteiger partial charge in [0.1, 0.15) is 11.9 Å². The van der Waals surface area contributed by atoms with Crippen LogP contribution in [0.5, 0.6) is 0 Å². The third-order valence-corrected chi connectivity index (χ3v) is 7.11. The highest BCUT2D eigenvalue weighted by molar-refractivity contribution is 7.90. The predicted molar refractivity (Wildman–Crippen MR) is 130 cm³/mol. The Kier molecular flexibility index (Phi) is 6.60. The van der Waals surface area contributed by atoms with Crippen molar-refractivity contribution in [2.45, 2.75) is 30.7 Å². The van der Waals surface area contributed by atoms with Crippen LogP contribution in [0.25, 0.3) is 0 Å². The summed E-state index contributed by atoms with van der Waals surface area (Å²) in [6, 6.07) is 26.0. The Balaban J connectivity index is 1.57. The average molecular weight is 462 g/mol. The quantitative estimate of drug-likeness (QED) is 0.562. The summed E-state index contributed by atoms with van der Waals surface area (Å²) in [4.78, 5) is 17.9. The molecular weight excluding hydrogens is 434 g/mol. The van der Waals surface area contributed by atoms with Crippen LogP contribution in [-0.4, -0.2) is 32.7 Å². The van der Waals surface area contributed by atoms with E-state index in [1.807, 2.05) is 74.5 Å². The van der Waals surface area contributed by atoms with Gasteiger partial charge < -0.3 is 5.32 Å². The lowest BCUT2D eigenvalue weighted by Gasteiger charge is -2.22. The summed E-state index contributed by atoms with van der Waals surface area (Å²) in [7, 11) is -3.66. The van der Waals surface area contributed by atoms with Gasteiger partial charge in [0.25, 0.3) is 10.0 Å². The van der Waals surface area contributed by atoms with E-state index >= 15 is 0 Å². The lowest BCUT2D eigenvalue weighted by Crippen LogP contribution is -2.40. The number of fused-ring (bicyclic) bond motifs is 1. The lowest BCUT2D eigenvalue weighted by atomic mass is 9.91. The molecule has 0 bridgehead atoms. The van der Waals surface area contributed by atoms with Crippen LogP contribution < -0.4 is 10.0 Å². The van der Waals surface area contributed by atoms with Crippen molar-refractivity contribution < 1.29 is 13.2 Å². The van der Waals surface area contributed by atoms with Gasteiger partial charge in [0.05, 0.1) is 4.90 Å². The molecule has 1 heterocycles. The second-order valence-electron chi connectivity index (χ2n) is 8.39. The largest absolute Gasteiger partial charge is 0.353 e. The number of nitrogens with one attached hydrogen (secondary N) is 2. The van der Waals surface area contributed by atoms with E-state index in [1.165, 1.54) is 6.07 Å². The molecule has 1 aliphatic rings. The first kappa shape index (κ1) is 22.7. The van der Waals surface area contributed by atoms with E-state index in [-0.39, 0.29) is 28.5 Å². The van der Waals surface area contributed by atoms with E-state index in [0.29, 0.717) is 12.1 Å². The first-order chi connectivity index (χ1) is 15.9. The van der Waals surface area contributed by atoms with Crippen molar-refractivity contribution >= 4 is 21.8 Å². The molecule has 0 radical (unpaired) electrons. The van der Waals surface area contributed by atoms with Gasteiger partial charge in [-0.3, -0.25) is 14.5 Å². The Morgan fingerprint density at radius 1 is 0.879 bits per heavy atom. The van der Waals surface area contributed by atoms with Crippen LogP contribution in [0.3, 0.4) is 0 Å². The van der Waals surface area contributed by atoms with Gasteiger partial charge in [-0.05, 0) is 29.2 Å². The number of carbonyl (C=O) groups excluding carboxylic acids is 1. The average Bonchev–Trinajstić information content (AvgIpc) is 3.08. The number of amidine groups is 1. The fourth-order valence-electron chi connectivity index (χ4n) is 3.99. The molecule has 0 fully saturated rings. The van der Waals surface area contributed by atoms with Crippen molar-refractivity contribution in [2.24, 2.45) is 10.9 Å². The molecule has 0 aliphatic carbocycles. The van der Waals surface area contributed by atoms with E-state index in [0.717, 1.165) is 11.1 Å². The minimum Gasteiger partial charge on any atom is -0.353 e. The zero-order valence-corrected chi connectivity index (χ0v) is 19.4. The topological polar surface area (TPSA) is 87.6 Å². The molecule has 0 aromatic heterocycles. The highest BCUT2D eigenvalue weighted by Gasteiger charge is 2.32. The number of carbonyl (C=O) groups is 1.